The molecule has 0 aliphatic rings. The van der Waals surface area contributed by atoms with Crippen molar-refractivity contribution in [2.24, 2.45) is 0 Å². The average molecular weight is 285 g/mol. The van der Waals surface area contributed by atoms with E-state index in [0.717, 1.165) is 23.3 Å². The summed E-state index contributed by atoms with van der Waals surface area (Å²) in [6.07, 6.45) is 1.44. The van der Waals surface area contributed by atoms with Crippen molar-refractivity contribution >= 4 is 17.6 Å². The molecule has 0 bridgehead atoms. The van der Waals surface area contributed by atoms with Crippen molar-refractivity contribution < 1.29 is 14.6 Å². The first-order chi connectivity index (χ1) is 8.95. The number of halogens is 1. The van der Waals surface area contributed by atoms with Crippen molar-refractivity contribution in [2.45, 2.75) is 46.0 Å². The Bertz CT molecular complexity index is 441. The lowest BCUT2D eigenvalue weighted by atomic mass is 9.97. The Morgan fingerprint density at radius 1 is 1.42 bits per heavy atom. The highest BCUT2D eigenvalue weighted by molar-refractivity contribution is 6.30. The van der Waals surface area contributed by atoms with Gasteiger partial charge in [0.1, 0.15) is 5.75 Å². The van der Waals surface area contributed by atoms with E-state index < -0.39 is 5.97 Å². The van der Waals surface area contributed by atoms with Gasteiger partial charge in [0.25, 0.3) is 0 Å². The summed E-state index contributed by atoms with van der Waals surface area (Å²) in [5.41, 5.74) is 1.92. The topological polar surface area (TPSA) is 46.5 Å². The number of aliphatic carboxylic acids is 1. The Labute approximate surface area is 119 Å². The molecule has 0 spiro atoms. The fourth-order valence-corrected chi connectivity index (χ4v) is 2.16. The van der Waals surface area contributed by atoms with Crippen LogP contribution in [-0.2, 0) is 11.2 Å². The molecule has 0 aliphatic carbocycles. The van der Waals surface area contributed by atoms with Crippen molar-refractivity contribution in [1.29, 1.82) is 0 Å². The molecular formula is C15H21ClO3. The van der Waals surface area contributed by atoms with Gasteiger partial charge in [-0.2, -0.15) is 0 Å². The monoisotopic (exact) mass is 284 g/mol. The molecular weight excluding hydrogens is 264 g/mol. The van der Waals surface area contributed by atoms with Crippen LogP contribution >= 0.6 is 11.6 Å². The predicted octanol–water partition coefficient (Wildman–Crippen LogP) is 4.27. The van der Waals surface area contributed by atoms with Crippen molar-refractivity contribution in [3.8, 4) is 5.75 Å². The van der Waals surface area contributed by atoms with E-state index in [-0.39, 0.29) is 12.3 Å². The molecule has 19 heavy (non-hydrogen) atoms. The molecule has 0 unspecified atom stereocenters. The molecule has 3 nitrogen and oxygen atoms in total. The van der Waals surface area contributed by atoms with Crippen LogP contribution in [0.25, 0.3) is 0 Å². The molecule has 0 heterocycles. The zero-order chi connectivity index (χ0) is 14.4. The van der Waals surface area contributed by atoms with Crippen LogP contribution < -0.4 is 4.74 Å². The van der Waals surface area contributed by atoms with Gasteiger partial charge >= 0.3 is 5.97 Å². The maximum absolute atomic E-state index is 10.7. The van der Waals surface area contributed by atoms with Gasteiger partial charge in [0.2, 0.25) is 0 Å². The SMILES string of the molecule is CCCOc1c(CCC(=O)O)cc(Cl)cc1C(C)C. The van der Waals surface area contributed by atoms with Gasteiger partial charge in [-0.3, -0.25) is 4.79 Å². The Morgan fingerprint density at radius 3 is 2.63 bits per heavy atom. The normalized spacial score (nSPS) is 10.8. The van der Waals surface area contributed by atoms with Crippen LogP contribution in [0.3, 0.4) is 0 Å². The van der Waals surface area contributed by atoms with Crippen molar-refractivity contribution in [2.75, 3.05) is 6.61 Å². The van der Waals surface area contributed by atoms with Gasteiger partial charge in [0.15, 0.2) is 0 Å². The first-order valence-corrected chi connectivity index (χ1v) is 7.00. The number of benzene rings is 1. The van der Waals surface area contributed by atoms with Gasteiger partial charge in [-0.15, -0.1) is 0 Å². The minimum Gasteiger partial charge on any atom is -0.493 e. The minimum absolute atomic E-state index is 0.0837. The molecule has 0 fully saturated rings. The van der Waals surface area contributed by atoms with Gasteiger partial charge in [0.05, 0.1) is 6.61 Å². The fourth-order valence-electron chi connectivity index (χ4n) is 1.91. The second-order valence-corrected chi connectivity index (χ2v) is 5.32. The third-order valence-corrected chi connectivity index (χ3v) is 3.06. The van der Waals surface area contributed by atoms with Gasteiger partial charge in [0, 0.05) is 11.4 Å². The first kappa shape index (κ1) is 15.8. The second kappa shape index (κ2) is 7.39. The van der Waals surface area contributed by atoms with E-state index in [0.29, 0.717) is 18.1 Å². The van der Waals surface area contributed by atoms with Crippen LogP contribution in [0.15, 0.2) is 12.1 Å². The number of carboxylic acids is 1. The maximum atomic E-state index is 10.7. The first-order valence-electron chi connectivity index (χ1n) is 6.62. The third-order valence-electron chi connectivity index (χ3n) is 2.84. The van der Waals surface area contributed by atoms with Crippen LogP contribution in [0.2, 0.25) is 5.02 Å². The third kappa shape index (κ3) is 4.75. The molecule has 0 saturated heterocycles. The lowest BCUT2D eigenvalue weighted by Crippen LogP contribution is -2.06. The smallest absolute Gasteiger partial charge is 0.303 e. The maximum Gasteiger partial charge on any atom is 0.303 e. The largest absolute Gasteiger partial charge is 0.493 e. The molecule has 1 aromatic carbocycles. The molecule has 1 rings (SSSR count). The highest BCUT2D eigenvalue weighted by atomic mass is 35.5. The van der Waals surface area contributed by atoms with E-state index in [4.69, 9.17) is 21.4 Å². The van der Waals surface area contributed by atoms with Crippen LogP contribution in [0.1, 0.15) is 50.7 Å². The number of hydrogen-bond acceptors (Lipinski definition) is 2. The average Bonchev–Trinajstić information content (AvgIpc) is 2.34. The molecule has 0 saturated carbocycles. The molecule has 0 radical (unpaired) electrons. The van der Waals surface area contributed by atoms with E-state index in [1.165, 1.54) is 0 Å². The lowest BCUT2D eigenvalue weighted by molar-refractivity contribution is -0.136. The van der Waals surface area contributed by atoms with Gasteiger partial charge < -0.3 is 9.84 Å². The predicted molar refractivity (Wildman–Crippen MR) is 77.3 cm³/mol. The van der Waals surface area contributed by atoms with E-state index in [9.17, 15) is 4.79 Å². The molecule has 0 atom stereocenters. The number of hydrogen-bond donors (Lipinski definition) is 1. The number of carboxylic acid groups (broad SMARTS) is 1. The summed E-state index contributed by atoms with van der Waals surface area (Å²) >= 11 is 6.11. The summed E-state index contributed by atoms with van der Waals surface area (Å²) in [5.74, 6) is 0.282. The number of aryl methyl sites for hydroxylation is 1. The zero-order valence-corrected chi connectivity index (χ0v) is 12.5. The summed E-state index contributed by atoms with van der Waals surface area (Å²) in [7, 11) is 0. The van der Waals surface area contributed by atoms with Gasteiger partial charge in [-0.1, -0.05) is 32.4 Å². The van der Waals surface area contributed by atoms with Gasteiger partial charge in [-0.05, 0) is 42.0 Å². The molecule has 0 aromatic heterocycles. The summed E-state index contributed by atoms with van der Waals surface area (Å²) in [5, 5.41) is 9.45. The molecule has 106 valence electrons. The standard InChI is InChI=1S/C15H21ClO3/c1-4-7-19-15-11(5-6-14(17)18)8-12(16)9-13(15)10(2)3/h8-10H,4-7H2,1-3H3,(H,17,18). The van der Waals surface area contributed by atoms with E-state index in [1.807, 2.05) is 13.0 Å². The summed E-state index contributed by atoms with van der Waals surface area (Å²) < 4.78 is 5.81. The molecule has 1 N–H and O–H groups in total. The minimum atomic E-state index is -0.812. The van der Waals surface area contributed by atoms with Crippen LogP contribution in [-0.4, -0.2) is 17.7 Å². The summed E-state index contributed by atoms with van der Waals surface area (Å²) in [4.78, 5) is 10.7. The number of ether oxygens (including phenoxy) is 1. The van der Waals surface area contributed by atoms with Crippen LogP contribution in [0.5, 0.6) is 5.75 Å². The lowest BCUT2D eigenvalue weighted by Gasteiger charge is -2.18. The Morgan fingerprint density at radius 2 is 2.11 bits per heavy atom. The van der Waals surface area contributed by atoms with Crippen molar-refractivity contribution in [3.63, 3.8) is 0 Å². The van der Waals surface area contributed by atoms with E-state index in [1.54, 1.807) is 6.07 Å². The van der Waals surface area contributed by atoms with E-state index in [2.05, 4.69) is 13.8 Å². The van der Waals surface area contributed by atoms with Crippen LogP contribution in [0, 0.1) is 0 Å². The number of rotatable bonds is 7. The quantitative estimate of drug-likeness (QED) is 0.813. The highest BCUT2D eigenvalue weighted by Crippen LogP contribution is 2.34. The molecule has 0 aliphatic heterocycles. The van der Waals surface area contributed by atoms with Crippen LogP contribution in [0.4, 0.5) is 0 Å². The molecule has 0 amide bonds. The van der Waals surface area contributed by atoms with Gasteiger partial charge in [-0.25, -0.2) is 0 Å². The zero-order valence-electron chi connectivity index (χ0n) is 11.7. The van der Waals surface area contributed by atoms with Crippen molar-refractivity contribution in [3.05, 3.63) is 28.3 Å². The Kier molecular flexibility index (Phi) is 6.16. The molecule has 1 aromatic rings. The second-order valence-electron chi connectivity index (χ2n) is 4.88. The summed E-state index contributed by atoms with van der Waals surface area (Å²) in [6.45, 7) is 6.82. The Balaban J connectivity index is 3.12. The number of carbonyl (C=O) groups is 1. The van der Waals surface area contributed by atoms with E-state index >= 15 is 0 Å². The highest BCUT2D eigenvalue weighted by Gasteiger charge is 2.15. The van der Waals surface area contributed by atoms with Crippen molar-refractivity contribution in [1.82, 2.24) is 0 Å². The summed E-state index contributed by atoms with van der Waals surface area (Å²) in [6, 6.07) is 3.71. The fraction of sp³-hybridized carbons (Fsp3) is 0.533. The molecule has 4 heteroatoms. The Hall–Kier alpha value is -1.22.